The van der Waals surface area contributed by atoms with Crippen molar-refractivity contribution in [1.29, 1.82) is 0 Å². The first-order valence-corrected chi connectivity index (χ1v) is 5.76. The zero-order valence-electron chi connectivity index (χ0n) is 8.27. The summed E-state index contributed by atoms with van der Waals surface area (Å²) in [6.07, 6.45) is 8.92. The fourth-order valence-corrected chi connectivity index (χ4v) is 2.67. The number of hydrogen-bond donors (Lipinski definition) is 1. The van der Waals surface area contributed by atoms with Crippen LogP contribution in [0.25, 0.3) is 0 Å². The lowest BCUT2D eigenvalue weighted by Crippen LogP contribution is -2.42. The highest BCUT2D eigenvalue weighted by Crippen LogP contribution is 2.25. The first-order valence-electron chi connectivity index (χ1n) is 5.76. The van der Waals surface area contributed by atoms with Gasteiger partial charge in [0.1, 0.15) is 6.17 Å². The lowest BCUT2D eigenvalue weighted by molar-refractivity contribution is 0.244. The van der Waals surface area contributed by atoms with E-state index in [0.717, 1.165) is 19.3 Å². The fraction of sp³-hybridized carbons (Fsp3) is 1.00. The van der Waals surface area contributed by atoms with Crippen molar-refractivity contribution in [3.8, 4) is 0 Å². The first kappa shape index (κ1) is 9.45. The van der Waals surface area contributed by atoms with Gasteiger partial charge in [-0.15, -0.1) is 0 Å². The second-order valence-electron chi connectivity index (χ2n) is 4.55. The van der Waals surface area contributed by atoms with Crippen molar-refractivity contribution in [3.05, 3.63) is 0 Å². The van der Waals surface area contributed by atoms with Gasteiger partial charge in [-0.05, 0) is 32.1 Å². The molecule has 0 aromatic carbocycles. The molecular weight excluding hydrogens is 165 g/mol. The highest BCUT2D eigenvalue weighted by Gasteiger charge is 2.28. The van der Waals surface area contributed by atoms with Crippen LogP contribution < -0.4 is 5.32 Å². The average molecular weight is 185 g/mol. The van der Waals surface area contributed by atoms with Crippen LogP contribution in [0, 0.1) is 0 Å². The largest absolute Gasteiger partial charge is 0.308 e. The van der Waals surface area contributed by atoms with Gasteiger partial charge in [0.25, 0.3) is 0 Å². The Morgan fingerprint density at radius 1 is 0.846 bits per heavy atom. The third-order valence-electron chi connectivity index (χ3n) is 3.49. The minimum Gasteiger partial charge on any atom is -0.308 e. The van der Waals surface area contributed by atoms with Gasteiger partial charge in [0.15, 0.2) is 0 Å². The van der Waals surface area contributed by atoms with E-state index in [1.807, 2.05) is 0 Å². The van der Waals surface area contributed by atoms with Crippen LogP contribution in [0.5, 0.6) is 0 Å². The zero-order chi connectivity index (χ0) is 9.10. The number of nitrogens with one attached hydrogen (secondary N) is 1. The summed E-state index contributed by atoms with van der Waals surface area (Å²) in [5.74, 6) is 0. The maximum atomic E-state index is 13.3. The van der Waals surface area contributed by atoms with Gasteiger partial charge >= 0.3 is 0 Å². The van der Waals surface area contributed by atoms with E-state index in [-0.39, 0.29) is 6.04 Å². The molecule has 0 bridgehead atoms. The second-order valence-corrected chi connectivity index (χ2v) is 4.55. The Morgan fingerprint density at radius 2 is 1.62 bits per heavy atom. The molecule has 0 heterocycles. The maximum Gasteiger partial charge on any atom is 0.115 e. The van der Waals surface area contributed by atoms with Crippen molar-refractivity contribution in [2.24, 2.45) is 0 Å². The van der Waals surface area contributed by atoms with Crippen LogP contribution in [0.2, 0.25) is 0 Å². The van der Waals surface area contributed by atoms with Gasteiger partial charge in [-0.1, -0.05) is 19.3 Å². The summed E-state index contributed by atoms with van der Waals surface area (Å²) in [6.45, 7) is 0. The van der Waals surface area contributed by atoms with Crippen LogP contribution in [-0.2, 0) is 0 Å². The van der Waals surface area contributed by atoms with Crippen molar-refractivity contribution < 1.29 is 4.39 Å². The van der Waals surface area contributed by atoms with E-state index < -0.39 is 6.17 Å². The number of alkyl halides is 1. The average Bonchev–Trinajstić information content (AvgIpc) is 2.54. The van der Waals surface area contributed by atoms with Crippen molar-refractivity contribution in [3.63, 3.8) is 0 Å². The smallest absolute Gasteiger partial charge is 0.115 e. The highest BCUT2D eigenvalue weighted by molar-refractivity contribution is 4.86. The molecule has 0 aromatic rings. The molecule has 0 unspecified atom stereocenters. The Labute approximate surface area is 80.1 Å². The van der Waals surface area contributed by atoms with E-state index in [0.29, 0.717) is 6.04 Å². The third kappa shape index (κ3) is 2.43. The van der Waals surface area contributed by atoms with Gasteiger partial charge in [0, 0.05) is 12.1 Å². The summed E-state index contributed by atoms with van der Waals surface area (Å²) >= 11 is 0. The SMILES string of the molecule is F[C@H]1CCC[C@H]1NC1CCCCC1. The minimum atomic E-state index is -0.568. The molecule has 0 saturated heterocycles. The van der Waals surface area contributed by atoms with Crippen LogP contribution in [0.15, 0.2) is 0 Å². The number of halogens is 1. The van der Waals surface area contributed by atoms with Crippen molar-refractivity contribution >= 4 is 0 Å². The van der Waals surface area contributed by atoms with E-state index in [9.17, 15) is 4.39 Å². The second kappa shape index (κ2) is 4.41. The molecule has 76 valence electrons. The van der Waals surface area contributed by atoms with Crippen LogP contribution in [0.4, 0.5) is 4.39 Å². The normalized spacial score (nSPS) is 36.7. The molecule has 2 fully saturated rings. The molecule has 2 heteroatoms. The molecule has 13 heavy (non-hydrogen) atoms. The van der Waals surface area contributed by atoms with E-state index in [1.54, 1.807) is 0 Å². The molecule has 0 aromatic heterocycles. The Hall–Kier alpha value is -0.110. The van der Waals surface area contributed by atoms with E-state index in [1.165, 1.54) is 32.1 Å². The summed E-state index contributed by atoms with van der Waals surface area (Å²) in [5.41, 5.74) is 0. The Bertz CT molecular complexity index is 154. The molecule has 0 amide bonds. The first-order chi connectivity index (χ1) is 6.36. The third-order valence-corrected chi connectivity index (χ3v) is 3.49. The predicted molar refractivity (Wildman–Crippen MR) is 52.5 cm³/mol. The molecule has 0 spiro atoms. The van der Waals surface area contributed by atoms with E-state index in [2.05, 4.69) is 5.32 Å². The molecule has 1 N–H and O–H groups in total. The molecule has 0 aliphatic heterocycles. The standard InChI is InChI=1S/C11H20FN/c12-10-7-4-8-11(10)13-9-5-2-1-3-6-9/h9-11,13H,1-8H2/t10-,11+/m0/s1. The molecular formula is C11H20FN. The van der Waals surface area contributed by atoms with Gasteiger partial charge in [-0.25, -0.2) is 4.39 Å². The van der Waals surface area contributed by atoms with Crippen LogP contribution in [-0.4, -0.2) is 18.3 Å². The van der Waals surface area contributed by atoms with Gasteiger partial charge in [0.2, 0.25) is 0 Å². The van der Waals surface area contributed by atoms with Gasteiger partial charge in [0.05, 0.1) is 0 Å². The van der Waals surface area contributed by atoms with Gasteiger partial charge in [-0.2, -0.15) is 0 Å². The summed E-state index contributed by atoms with van der Waals surface area (Å²) in [5, 5.41) is 3.49. The van der Waals surface area contributed by atoms with Gasteiger partial charge in [-0.3, -0.25) is 0 Å². The van der Waals surface area contributed by atoms with Crippen molar-refractivity contribution in [2.45, 2.75) is 69.6 Å². The molecule has 2 aliphatic carbocycles. The number of rotatable bonds is 2. The quantitative estimate of drug-likeness (QED) is 0.697. The fourth-order valence-electron chi connectivity index (χ4n) is 2.67. The van der Waals surface area contributed by atoms with Crippen LogP contribution >= 0.6 is 0 Å². The van der Waals surface area contributed by atoms with Crippen LogP contribution in [0.1, 0.15) is 51.4 Å². The van der Waals surface area contributed by atoms with E-state index in [4.69, 9.17) is 0 Å². The summed E-state index contributed by atoms with van der Waals surface area (Å²) in [6, 6.07) is 0.804. The maximum absolute atomic E-state index is 13.3. The molecule has 2 aliphatic rings. The number of hydrogen-bond acceptors (Lipinski definition) is 1. The van der Waals surface area contributed by atoms with E-state index >= 15 is 0 Å². The lowest BCUT2D eigenvalue weighted by Gasteiger charge is -2.27. The van der Waals surface area contributed by atoms with Crippen molar-refractivity contribution in [1.82, 2.24) is 5.32 Å². The summed E-state index contributed by atoms with van der Waals surface area (Å²) < 4.78 is 13.3. The molecule has 1 nitrogen and oxygen atoms in total. The van der Waals surface area contributed by atoms with Crippen molar-refractivity contribution in [2.75, 3.05) is 0 Å². The molecule has 2 saturated carbocycles. The van der Waals surface area contributed by atoms with Crippen LogP contribution in [0.3, 0.4) is 0 Å². The minimum absolute atomic E-state index is 0.183. The Morgan fingerprint density at radius 3 is 2.23 bits per heavy atom. The molecule has 2 rings (SSSR count). The Balaban J connectivity index is 1.75. The Kier molecular flexibility index (Phi) is 3.20. The predicted octanol–water partition coefficient (Wildman–Crippen LogP) is 2.80. The molecule has 0 radical (unpaired) electrons. The summed E-state index contributed by atoms with van der Waals surface area (Å²) in [7, 11) is 0. The summed E-state index contributed by atoms with van der Waals surface area (Å²) in [4.78, 5) is 0. The molecule has 2 atom stereocenters. The highest BCUT2D eigenvalue weighted by atomic mass is 19.1. The topological polar surface area (TPSA) is 12.0 Å². The lowest BCUT2D eigenvalue weighted by atomic mass is 9.94. The zero-order valence-corrected chi connectivity index (χ0v) is 8.27. The van der Waals surface area contributed by atoms with Gasteiger partial charge < -0.3 is 5.32 Å². The monoisotopic (exact) mass is 185 g/mol.